The Kier molecular flexibility index (Phi) is 3.21. The second kappa shape index (κ2) is 4.40. The van der Waals surface area contributed by atoms with Gasteiger partial charge in [-0.25, -0.2) is 0 Å². The summed E-state index contributed by atoms with van der Waals surface area (Å²) in [6.45, 7) is 0. The number of allylic oxidation sites excluding steroid dienone is 2. The van der Waals surface area contributed by atoms with Crippen molar-refractivity contribution in [2.45, 2.75) is 17.6 Å². The van der Waals surface area contributed by atoms with E-state index in [-0.39, 0.29) is 18.2 Å². The number of Topliss-reactive ketones (excluding diaryl/α,β-unsaturated/α-hetero) is 1. The number of nitrogens with zero attached hydrogens (tertiary/aromatic N) is 1. The Morgan fingerprint density at radius 2 is 2.28 bits per heavy atom. The topological polar surface area (TPSA) is 72.5 Å². The number of halogens is 1. The summed E-state index contributed by atoms with van der Waals surface area (Å²) in [5, 5.41) is 1.75. The second-order valence-corrected chi connectivity index (χ2v) is 5.38. The van der Waals surface area contributed by atoms with Gasteiger partial charge in [-0.05, 0) is 17.1 Å². The van der Waals surface area contributed by atoms with Gasteiger partial charge in [0.25, 0.3) is 0 Å². The lowest BCUT2D eigenvalue weighted by atomic mass is 9.80. The molecule has 3 aliphatic rings. The van der Waals surface area contributed by atoms with Crippen LogP contribution in [0.2, 0.25) is 0 Å². The molecule has 0 bridgehead atoms. The summed E-state index contributed by atoms with van der Waals surface area (Å²) in [6, 6.07) is 0. The summed E-state index contributed by atoms with van der Waals surface area (Å²) < 4.78 is -0.492. The molecular formula is C12H11ClN2O2S. The molecule has 0 saturated carbocycles. The monoisotopic (exact) mass is 282 g/mol. The molecule has 0 radical (unpaired) electrons. The summed E-state index contributed by atoms with van der Waals surface area (Å²) in [5.74, 6) is -0.281. The first kappa shape index (κ1) is 13.1. The molecule has 0 aromatic heterocycles. The molecule has 2 N–H and O–H groups in total. The number of hydrogen-bond donors (Lipinski definition) is 1. The van der Waals surface area contributed by atoms with Crippen molar-refractivity contribution in [3.63, 3.8) is 0 Å². The van der Waals surface area contributed by atoms with Crippen LogP contribution in [0.15, 0.2) is 39.4 Å². The number of amides is 1. The number of carbonyl (C=O) groups is 2. The number of primary amides is 1. The van der Waals surface area contributed by atoms with Crippen LogP contribution < -0.4 is 5.73 Å². The lowest BCUT2D eigenvalue weighted by Gasteiger charge is -2.35. The van der Waals surface area contributed by atoms with Crippen molar-refractivity contribution in [3.8, 4) is 0 Å². The molecule has 1 aliphatic carbocycles. The Balaban J connectivity index is 0.00000120. The van der Waals surface area contributed by atoms with Gasteiger partial charge in [0, 0.05) is 19.1 Å². The van der Waals surface area contributed by atoms with Crippen LogP contribution in [-0.4, -0.2) is 22.7 Å². The van der Waals surface area contributed by atoms with Crippen LogP contribution >= 0.6 is 24.2 Å². The number of rotatable bonds is 1. The van der Waals surface area contributed by atoms with Gasteiger partial charge in [-0.3, -0.25) is 14.6 Å². The number of thioether (sulfide) groups is 1. The van der Waals surface area contributed by atoms with Crippen LogP contribution in [0, 0.1) is 0 Å². The molecule has 1 amide bonds. The molecule has 3 rings (SSSR count). The van der Waals surface area contributed by atoms with E-state index in [2.05, 4.69) is 4.99 Å². The van der Waals surface area contributed by atoms with E-state index >= 15 is 0 Å². The maximum atomic E-state index is 11.7. The maximum Gasteiger partial charge on any atom is 0.249 e. The van der Waals surface area contributed by atoms with Crippen LogP contribution in [0.1, 0.15) is 12.8 Å². The zero-order chi connectivity index (χ0) is 12.0. The molecule has 18 heavy (non-hydrogen) atoms. The van der Waals surface area contributed by atoms with Crippen molar-refractivity contribution in [1.82, 2.24) is 0 Å². The average Bonchev–Trinajstić information content (AvgIpc) is 2.65. The third kappa shape index (κ3) is 1.66. The van der Waals surface area contributed by atoms with Crippen LogP contribution in [0.3, 0.4) is 0 Å². The smallest absolute Gasteiger partial charge is 0.249 e. The third-order valence-electron chi connectivity index (χ3n) is 3.21. The van der Waals surface area contributed by atoms with Gasteiger partial charge in [0.2, 0.25) is 5.91 Å². The number of dihydropyridines is 1. The summed E-state index contributed by atoms with van der Waals surface area (Å²) in [7, 11) is 0. The quantitative estimate of drug-likeness (QED) is 0.792. The van der Waals surface area contributed by atoms with Crippen molar-refractivity contribution in [2.75, 3.05) is 0 Å². The lowest BCUT2D eigenvalue weighted by molar-refractivity contribution is -0.119. The molecule has 2 aliphatic heterocycles. The Hall–Kier alpha value is -1.33. The van der Waals surface area contributed by atoms with Crippen LogP contribution in [-0.2, 0) is 9.59 Å². The summed E-state index contributed by atoms with van der Waals surface area (Å²) >= 11 is 1.46. The molecule has 1 spiro atoms. The minimum Gasteiger partial charge on any atom is -0.366 e. The summed E-state index contributed by atoms with van der Waals surface area (Å²) in [6.07, 6.45) is 6.11. The van der Waals surface area contributed by atoms with Gasteiger partial charge in [0.15, 0.2) is 0 Å². The molecule has 1 unspecified atom stereocenters. The molecule has 0 saturated heterocycles. The fourth-order valence-corrected chi connectivity index (χ4v) is 3.79. The maximum absolute atomic E-state index is 11.7. The molecule has 2 heterocycles. The van der Waals surface area contributed by atoms with E-state index in [4.69, 9.17) is 5.73 Å². The fraction of sp³-hybridized carbons (Fsp3) is 0.250. The van der Waals surface area contributed by atoms with E-state index in [0.717, 1.165) is 11.3 Å². The van der Waals surface area contributed by atoms with E-state index in [1.54, 1.807) is 17.7 Å². The van der Waals surface area contributed by atoms with E-state index in [1.165, 1.54) is 11.8 Å². The first-order valence-electron chi connectivity index (χ1n) is 5.29. The average molecular weight is 283 g/mol. The highest BCUT2D eigenvalue weighted by molar-refractivity contribution is 8.04. The van der Waals surface area contributed by atoms with E-state index in [9.17, 15) is 9.59 Å². The van der Waals surface area contributed by atoms with Crippen molar-refractivity contribution in [1.29, 1.82) is 0 Å². The molecule has 4 nitrogen and oxygen atoms in total. The fourth-order valence-electron chi connectivity index (χ4n) is 2.42. The molecule has 0 fully saturated rings. The standard InChI is InChI=1S/C12H10N2O2S.ClH/c13-11(16)8-6-17-12-5-7(15)1-2-10(12)14-4-3-9(8)12;/h2-4,6H,1,5H2,(H2,13,16);1H. The Labute approximate surface area is 115 Å². The Morgan fingerprint density at radius 1 is 1.50 bits per heavy atom. The largest absolute Gasteiger partial charge is 0.366 e. The predicted molar refractivity (Wildman–Crippen MR) is 73.7 cm³/mol. The van der Waals surface area contributed by atoms with E-state index < -0.39 is 10.7 Å². The highest BCUT2D eigenvalue weighted by Gasteiger charge is 2.48. The second-order valence-electron chi connectivity index (χ2n) is 4.21. The minimum absolute atomic E-state index is 0. The summed E-state index contributed by atoms with van der Waals surface area (Å²) in [4.78, 5) is 27.3. The van der Waals surface area contributed by atoms with Gasteiger partial charge in [-0.15, -0.1) is 24.2 Å². The number of carbonyl (C=O) groups excluding carboxylic acids is 2. The highest BCUT2D eigenvalue weighted by Crippen LogP contribution is 2.54. The van der Waals surface area contributed by atoms with Crippen LogP contribution in [0.4, 0.5) is 0 Å². The first-order chi connectivity index (χ1) is 8.13. The third-order valence-corrected chi connectivity index (χ3v) is 4.54. The molecule has 6 heteroatoms. The lowest BCUT2D eigenvalue weighted by Crippen LogP contribution is -2.36. The highest BCUT2D eigenvalue weighted by atomic mass is 35.5. The zero-order valence-corrected chi connectivity index (χ0v) is 11.0. The molecule has 0 aromatic carbocycles. The zero-order valence-electron chi connectivity index (χ0n) is 9.38. The van der Waals surface area contributed by atoms with Crippen LogP contribution in [0.5, 0.6) is 0 Å². The summed E-state index contributed by atoms with van der Waals surface area (Å²) in [5.41, 5.74) is 7.54. The molecule has 94 valence electrons. The van der Waals surface area contributed by atoms with Gasteiger partial charge in [-0.1, -0.05) is 6.08 Å². The van der Waals surface area contributed by atoms with Crippen molar-refractivity contribution in [2.24, 2.45) is 10.7 Å². The minimum atomic E-state index is -0.492. The SMILES string of the molecule is Cl.NC(=O)C1=CSC23CC(=O)CC=C2N=CC=C13. The van der Waals surface area contributed by atoms with Crippen molar-refractivity contribution >= 4 is 42.1 Å². The molecular weight excluding hydrogens is 272 g/mol. The van der Waals surface area contributed by atoms with Gasteiger partial charge in [0.05, 0.1) is 16.0 Å². The number of hydrogen-bond acceptors (Lipinski definition) is 4. The van der Waals surface area contributed by atoms with Gasteiger partial charge < -0.3 is 5.73 Å². The van der Waals surface area contributed by atoms with Crippen LogP contribution in [0.25, 0.3) is 0 Å². The van der Waals surface area contributed by atoms with Gasteiger partial charge in [-0.2, -0.15) is 0 Å². The predicted octanol–water partition coefficient (Wildman–Crippen LogP) is 1.52. The Bertz CT molecular complexity index is 562. The van der Waals surface area contributed by atoms with Gasteiger partial charge in [0.1, 0.15) is 5.78 Å². The Morgan fingerprint density at radius 3 is 3.00 bits per heavy atom. The van der Waals surface area contributed by atoms with Crippen molar-refractivity contribution < 1.29 is 9.59 Å². The first-order valence-corrected chi connectivity index (χ1v) is 6.17. The van der Waals surface area contributed by atoms with Gasteiger partial charge >= 0.3 is 0 Å². The number of aliphatic imine (C=N–C) groups is 1. The normalized spacial score (nSPS) is 28.4. The number of nitrogens with two attached hydrogens (primary N) is 1. The molecule has 1 atom stereocenters. The van der Waals surface area contributed by atoms with E-state index in [1.807, 2.05) is 6.08 Å². The number of ketones is 1. The van der Waals surface area contributed by atoms with Crippen molar-refractivity contribution in [3.05, 3.63) is 34.4 Å². The van der Waals surface area contributed by atoms with E-state index in [0.29, 0.717) is 18.4 Å². The molecule has 0 aromatic rings.